The van der Waals surface area contributed by atoms with E-state index in [9.17, 15) is 33.9 Å². The van der Waals surface area contributed by atoms with Crippen molar-refractivity contribution in [3.8, 4) is 11.8 Å². The largest absolute Gasteiger partial charge is 0.481 e. The molecule has 6 saturated carbocycles. The van der Waals surface area contributed by atoms with Crippen LogP contribution in [0.3, 0.4) is 0 Å². The number of nitrogens with one attached hydrogen (secondary N) is 5. The fourth-order valence-corrected chi connectivity index (χ4v) is 13.6. The Balaban J connectivity index is 1.13. The maximum Gasteiger partial charge on any atom is 0.305 e. The molecular formula is C55H87N5O8. The smallest absolute Gasteiger partial charge is 0.305 e. The zero-order valence-electron chi connectivity index (χ0n) is 41.4. The zero-order chi connectivity index (χ0) is 47.7. The number of aliphatic carboxylic acids is 1. The van der Waals surface area contributed by atoms with Gasteiger partial charge in [-0.25, -0.2) is 0 Å². The van der Waals surface area contributed by atoms with Gasteiger partial charge in [0.1, 0.15) is 24.7 Å². The zero-order valence-corrected chi connectivity index (χ0v) is 41.4. The second-order valence-electron chi connectivity index (χ2n) is 22.6. The highest BCUT2D eigenvalue weighted by Crippen LogP contribution is 2.42. The summed E-state index contributed by atoms with van der Waals surface area (Å²) >= 11 is 0. The minimum atomic E-state index is -1.18. The Morgan fingerprint density at radius 3 is 1.74 bits per heavy atom. The predicted octanol–water partition coefficient (Wildman–Crippen LogP) is 8.02. The lowest BCUT2D eigenvalue weighted by atomic mass is 9.70. The van der Waals surface area contributed by atoms with E-state index in [0.717, 1.165) is 101 Å². The third-order valence-corrected chi connectivity index (χ3v) is 17.8. The molecule has 4 atom stereocenters. The Morgan fingerprint density at radius 2 is 1.12 bits per heavy atom. The van der Waals surface area contributed by atoms with Gasteiger partial charge >= 0.3 is 5.97 Å². The van der Waals surface area contributed by atoms with Crippen molar-refractivity contribution in [1.29, 1.82) is 0 Å². The van der Waals surface area contributed by atoms with Crippen LogP contribution in [0, 0.1) is 59.2 Å². The van der Waals surface area contributed by atoms with E-state index < -0.39 is 59.7 Å². The highest BCUT2D eigenvalue weighted by molar-refractivity contribution is 5.96. The molecule has 2 saturated heterocycles. The van der Waals surface area contributed by atoms with Gasteiger partial charge < -0.3 is 36.4 Å². The number of hydrogen-bond acceptors (Lipinski definition) is 7. The third-order valence-electron chi connectivity index (χ3n) is 17.8. The topological polar surface area (TPSA) is 192 Å². The SMILES string of the molecule is O=C(O)CCNC(=O)C1CC2CCC(CC2)OCC(=O)NC(C#CC2CCC(C3CCCCC3)CC2)C(=O)NC(CC2CCC(C3CCCCC3)CC2)C(=O)NC(CCC2CCCCC2)C(=O)N1. The first kappa shape index (κ1) is 52.2. The predicted molar refractivity (Wildman–Crippen MR) is 262 cm³/mol. The number of amides is 5. The summed E-state index contributed by atoms with van der Waals surface area (Å²) in [7, 11) is 0. The molecular weight excluding hydrogens is 859 g/mol. The maximum atomic E-state index is 14.9. The Morgan fingerprint density at radius 1 is 0.559 bits per heavy atom. The fraction of sp³-hybridized carbons (Fsp3) is 0.855. The second-order valence-corrected chi connectivity index (χ2v) is 22.6. The monoisotopic (exact) mass is 946 g/mol. The van der Waals surface area contributed by atoms with Gasteiger partial charge in [0.25, 0.3) is 5.91 Å². The van der Waals surface area contributed by atoms with Crippen molar-refractivity contribution in [1.82, 2.24) is 26.6 Å². The Labute approximate surface area is 407 Å². The van der Waals surface area contributed by atoms with E-state index in [1.165, 1.54) is 70.6 Å². The Kier molecular flexibility index (Phi) is 20.8. The molecule has 0 spiro atoms. The number of hydrogen-bond donors (Lipinski definition) is 6. The van der Waals surface area contributed by atoms with Crippen molar-refractivity contribution in [2.75, 3.05) is 13.2 Å². The molecule has 4 unspecified atom stereocenters. The van der Waals surface area contributed by atoms with Crippen LogP contribution in [0.25, 0.3) is 0 Å². The number of carbonyl (C=O) groups is 6. The highest BCUT2D eigenvalue weighted by Gasteiger charge is 2.37. The van der Waals surface area contributed by atoms with Crippen molar-refractivity contribution >= 4 is 35.5 Å². The lowest BCUT2D eigenvalue weighted by Crippen LogP contribution is -2.58. The standard InChI is InChI=1S/C55H87N5O8/c61-50-36-68-45-28-20-40(21-29-45)34-48(52(64)56-33-32-51(62)63)59-54(66)47(31-22-37-10-4-1-5-11-37)58-55(67)49(35-39-18-26-44(27-19-39)42-14-8-3-9-15-42)60-53(65)46(57-50)30-23-38-16-24-43(25-17-38)41-12-6-2-7-13-41/h37-49H,1-22,24-29,31-36H2,(H,56,64)(H,57,61)(H,58,67)(H,59,66)(H,60,65)(H,62,63). The number of carboxylic acid groups (broad SMARTS) is 1. The first-order valence-electron chi connectivity index (χ1n) is 27.9. The molecule has 0 radical (unpaired) electrons. The quantitative estimate of drug-likeness (QED) is 0.0886. The van der Waals surface area contributed by atoms with Crippen molar-refractivity contribution in [2.45, 2.75) is 236 Å². The summed E-state index contributed by atoms with van der Waals surface area (Å²) in [5, 5.41) is 24.1. The first-order valence-corrected chi connectivity index (χ1v) is 27.9. The minimum absolute atomic E-state index is 0.0676. The molecule has 13 nitrogen and oxygen atoms in total. The Bertz CT molecular complexity index is 1700. The summed E-state index contributed by atoms with van der Waals surface area (Å²) < 4.78 is 6.14. The molecule has 0 aromatic carbocycles. The van der Waals surface area contributed by atoms with Crippen LogP contribution in [-0.4, -0.2) is 84.0 Å². The molecule has 2 bridgehead atoms. The van der Waals surface area contributed by atoms with Gasteiger partial charge in [0.2, 0.25) is 23.6 Å². The van der Waals surface area contributed by atoms with Gasteiger partial charge in [-0.05, 0) is 131 Å². The molecule has 0 aromatic rings. The first-order chi connectivity index (χ1) is 33.1. The summed E-state index contributed by atoms with van der Waals surface area (Å²) in [4.78, 5) is 82.8. The molecule has 68 heavy (non-hydrogen) atoms. The summed E-state index contributed by atoms with van der Waals surface area (Å²) in [6, 6.07) is -4.04. The lowest BCUT2D eigenvalue weighted by Gasteiger charge is -2.37. The highest BCUT2D eigenvalue weighted by atomic mass is 16.5. The number of carboxylic acids is 1. The molecule has 0 aromatic heterocycles. The fourth-order valence-electron chi connectivity index (χ4n) is 13.6. The maximum absolute atomic E-state index is 14.9. The summed E-state index contributed by atoms with van der Waals surface area (Å²) in [6.07, 6.45) is 31.4. The number of rotatable bonds is 11. The van der Waals surface area contributed by atoms with Gasteiger partial charge in [-0.2, -0.15) is 0 Å². The molecule has 13 heteroatoms. The number of ether oxygens (including phenoxy) is 1. The molecule has 6 N–H and O–H groups in total. The van der Waals surface area contributed by atoms with Gasteiger partial charge in [0.15, 0.2) is 6.04 Å². The van der Waals surface area contributed by atoms with E-state index >= 15 is 0 Å². The van der Waals surface area contributed by atoms with Crippen molar-refractivity contribution in [2.24, 2.45) is 47.3 Å². The molecule has 8 fully saturated rings. The van der Waals surface area contributed by atoms with Crippen molar-refractivity contribution in [3.05, 3.63) is 0 Å². The van der Waals surface area contributed by atoms with Crippen LogP contribution in [0.5, 0.6) is 0 Å². The molecule has 5 amide bonds. The average molecular weight is 946 g/mol. The van der Waals surface area contributed by atoms with E-state index in [2.05, 4.69) is 38.4 Å². The van der Waals surface area contributed by atoms with E-state index in [4.69, 9.17) is 4.74 Å². The van der Waals surface area contributed by atoms with Crippen LogP contribution in [-0.2, 0) is 33.5 Å². The van der Waals surface area contributed by atoms with Crippen LogP contribution in [0.2, 0.25) is 0 Å². The van der Waals surface area contributed by atoms with Crippen LogP contribution >= 0.6 is 0 Å². The van der Waals surface area contributed by atoms with E-state index in [1.54, 1.807) is 0 Å². The molecule has 8 rings (SSSR count). The molecule has 380 valence electrons. The molecule has 6 aliphatic carbocycles. The molecule has 2 aliphatic heterocycles. The molecule has 2 heterocycles. The number of fused-ring (bicyclic) bond motifs is 16. The number of carbonyl (C=O) groups excluding carboxylic acids is 5. The van der Waals surface area contributed by atoms with E-state index in [0.29, 0.717) is 56.8 Å². The van der Waals surface area contributed by atoms with Crippen LogP contribution in [0.15, 0.2) is 0 Å². The van der Waals surface area contributed by atoms with Crippen LogP contribution in [0.1, 0.15) is 205 Å². The lowest BCUT2D eigenvalue weighted by molar-refractivity contribution is -0.137. The third kappa shape index (κ3) is 16.5. The summed E-state index contributed by atoms with van der Waals surface area (Å²) in [5.74, 6) is 7.13. The van der Waals surface area contributed by atoms with Crippen molar-refractivity contribution in [3.63, 3.8) is 0 Å². The summed E-state index contributed by atoms with van der Waals surface area (Å²) in [5.41, 5.74) is 0. The van der Waals surface area contributed by atoms with Gasteiger partial charge in [0.05, 0.1) is 12.5 Å². The average Bonchev–Trinajstić information content (AvgIpc) is 3.36. The van der Waals surface area contributed by atoms with Crippen LogP contribution in [0.4, 0.5) is 0 Å². The van der Waals surface area contributed by atoms with Crippen LogP contribution < -0.4 is 26.6 Å². The Hall–Kier alpha value is -3.66. The van der Waals surface area contributed by atoms with Gasteiger partial charge in [-0.1, -0.05) is 121 Å². The minimum Gasteiger partial charge on any atom is -0.481 e. The molecule has 8 aliphatic rings. The van der Waals surface area contributed by atoms with Gasteiger partial charge in [-0.3, -0.25) is 28.8 Å². The van der Waals surface area contributed by atoms with Gasteiger partial charge in [-0.15, -0.1) is 0 Å². The van der Waals surface area contributed by atoms with Gasteiger partial charge in [0, 0.05) is 12.5 Å². The van der Waals surface area contributed by atoms with Crippen molar-refractivity contribution < 1.29 is 38.6 Å². The van der Waals surface area contributed by atoms with E-state index in [-0.39, 0.29) is 43.4 Å². The second kappa shape index (κ2) is 27.1. The normalized spacial score (nSPS) is 33.8. The van der Waals surface area contributed by atoms with E-state index in [1.807, 2.05) is 0 Å². The summed E-state index contributed by atoms with van der Waals surface area (Å²) in [6.45, 7) is -0.295.